The van der Waals surface area contributed by atoms with Gasteiger partial charge >= 0.3 is 5.97 Å². The van der Waals surface area contributed by atoms with Gasteiger partial charge in [-0.3, -0.25) is 4.79 Å². The van der Waals surface area contributed by atoms with Crippen LogP contribution >= 0.6 is 0 Å². The van der Waals surface area contributed by atoms with E-state index in [0.717, 1.165) is 0 Å². The summed E-state index contributed by atoms with van der Waals surface area (Å²) in [6.45, 7) is 18.6. The van der Waals surface area contributed by atoms with Gasteiger partial charge in [0.15, 0.2) is 5.78 Å². The minimum Gasteiger partial charge on any atom is -0.456 e. The summed E-state index contributed by atoms with van der Waals surface area (Å²) in [5.74, 6) is -0.470. The molecule has 0 saturated heterocycles. The van der Waals surface area contributed by atoms with E-state index in [1.807, 2.05) is 20.8 Å². The molecule has 1 unspecified atom stereocenters. The quantitative estimate of drug-likeness (QED) is 0.418. The van der Waals surface area contributed by atoms with Crippen molar-refractivity contribution in [1.29, 1.82) is 0 Å². The first-order chi connectivity index (χ1) is 10.6. The molecule has 0 spiro atoms. The van der Waals surface area contributed by atoms with Gasteiger partial charge in [0.25, 0.3) is 0 Å². The van der Waals surface area contributed by atoms with E-state index in [2.05, 4.69) is 13.2 Å². The van der Waals surface area contributed by atoms with Crippen molar-refractivity contribution in [2.24, 2.45) is 0 Å². The zero-order valence-corrected chi connectivity index (χ0v) is 15.6. The lowest BCUT2D eigenvalue weighted by molar-refractivity contribution is -0.161. The lowest BCUT2D eigenvalue weighted by Crippen LogP contribution is -2.41. The van der Waals surface area contributed by atoms with E-state index in [1.165, 1.54) is 0 Å². The van der Waals surface area contributed by atoms with Crippen LogP contribution in [0, 0.1) is 0 Å². The van der Waals surface area contributed by atoms with Gasteiger partial charge in [0.05, 0.1) is 6.61 Å². The summed E-state index contributed by atoms with van der Waals surface area (Å²) < 4.78 is 11.5. The summed E-state index contributed by atoms with van der Waals surface area (Å²) in [4.78, 5) is 24.1. The van der Waals surface area contributed by atoms with E-state index in [-0.39, 0.29) is 11.8 Å². The molecule has 0 saturated carbocycles. The van der Waals surface area contributed by atoms with Gasteiger partial charge in [0.1, 0.15) is 11.2 Å². The molecule has 0 N–H and O–H groups in total. The number of hydrogen-bond acceptors (Lipinski definition) is 4. The summed E-state index contributed by atoms with van der Waals surface area (Å²) in [7, 11) is 0. The summed E-state index contributed by atoms with van der Waals surface area (Å²) in [6, 6.07) is 0. The molecular weight excluding hydrogens is 292 g/mol. The van der Waals surface area contributed by atoms with E-state index in [1.54, 1.807) is 20.8 Å². The van der Waals surface area contributed by atoms with Crippen molar-refractivity contribution >= 4 is 11.8 Å². The standard InChI is InChI=1S/C19H32O4/c1-9-18(8,16(20)14(4)5)22-13-12-19(10-2,11-3)23-17(21)15(6)7/h4,6,9-13H2,1-3,5,7-8H3. The van der Waals surface area contributed by atoms with Crippen LogP contribution in [0.15, 0.2) is 24.3 Å². The summed E-state index contributed by atoms with van der Waals surface area (Å²) in [5.41, 5.74) is -0.595. The van der Waals surface area contributed by atoms with Gasteiger partial charge in [-0.15, -0.1) is 0 Å². The third-order valence-corrected chi connectivity index (χ3v) is 4.47. The van der Waals surface area contributed by atoms with Gasteiger partial charge in [-0.05, 0) is 45.6 Å². The average molecular weight is 324 g/mol. The van der Waals surface area contributed by atoms with Gasteiger partial charge in [-0.2, -0.15) is 0 Å². The third kappa shape index (κ3) is 5.94. The number of ketones is 1. The van der Waals surface area contributed by atoms with Crippen molar-refractivity contribution in [1.82, 2.24) is 0 Å². The van der Waals surface area contributed by atoms with Crippen LogP contribution in [0.25, 0.3) is 0 Å². The Bertz CT molecular complexity index is 460. The largest absolute Gasteiger partial charge is 0.456 e. The minimum atomic E-state index is -0.878. The molecule has 0 amide bonds. The molecule has 0 aliphatic rings. The lowest BCUT2D eigenvalue weighted by Gasteiger charge is -2.34. The predicted molar refractivity (Wildman–Crippen MR) is 93.3 cm³/mol. The minimum absolute atomic E-state index is 0.0856. The van der Waals surface area contributed by atoms with Crippen LogP contribution in [0.2, 0.25) is 0 Å². The fourth-order valence-electron chi connectivity index (χ4n) is 2.32. The summed E-state index contributed by atoms with van der Waals surface area (Å²) in [5, 5.41) is 0. The average Bonchev–Trinajstić information content (AvgIpc) is 2.52. The Balaban J connectivity index is 4.94. The van der Waals surface area contributed by atoms with Crippen LogP contribution in [0.3, 0.4) is 0 Å². The van der Waals surface area contributed by atoms with Crippen molar-refractivity contribution in [2.45, 2.75) is 78.4 Å². The van der Waals surface area contributed by atoms with E-state index < -0.39 is 11.2 Å². The maximum Gasteiger partial charge on any atom is 0.333 e. The molecule has 23 heavy (non-hydrogen) atoms. The highest BCUT2D eigenvalue weighted by molar-refractivity contribution is 6.00. The predicted octanol–water partition coefficient (Wildman–Crippen LogP) is 4.39. The molecule has 0 aromatic rings. The number of carbonyl (C=O) groups is 2. The van der Waals surface area contributed by atoms with Crippen LogP contribution in [0.1, 0.15) is 67.2 Å². The lowest BCUT2D eigenvalue weighted by atomic mass is 9.91. The maximum atomic E-state index is 12.2. The van der Waals surface area contributed by atoms with Crippen molar-refractivity contribution < 1.29 is 19.1 Å². The van der Waals surface area contributed by atoms with Gasteiger partial charge in [0.2, 0.25) is 0 Å². The first-order valence-corrected chi connectivity index (χ1v) is 8.30. The molecule has 0 aromatic heterocycles. The van der Waals surface area contributed by atoms with E-state index >= 15 is 0 Å². The Morgan fingerprint density at radius 2 is 1.48 bits per heavy atom. The van der Waals surface area contributed by atoms with Crippen molar-refractivity contribution in [3.63, 3.8) is 0 Å². The molecule has 0 fully saturated rings. The van der Waals surface area contributed by atoms with E-state index in [4.69, 9.17) is 9.47 Å². The highest BCUT2D eigenvalue weighted by atomic mass is 16.6. The van der Waals surface area contributed by atoms with Crippen molar-refractivity contribution in [3.8, 4) is 0 Å². The summed E-state index contributed by atoms with van der Waals surface area (Å²) in [6.07, 6.45) is 2.47. The third-order valence-electron chi connectivity index (χ3n) is 4.47. The second-order valence-electron chi connectivity index (χ2n) is 6.35. The van der Waals surface area contributed by atoms with Crippen LogP contribution < -0.4 is 0 Å². The Morgan fingerprint density at radius 1 is 0.957 bits per heavy atom. The van der Waals surface area contributed by atoms with Gasteiger partial charge in [-0.1, -0.05) is 33.9 Å². The maximum absolute atomic E-state index is 12.2. The zero-order chi connectivity index (χ0) is 18.3. The van der Waals surface area contributed by atoms with Crippen LogP contribution in [0.5, 0.6) is 0 Å². The molecule has 0 aliphatic carbocycles. The Labute approximate surface area is 140 Å². The first-order valence-electron chi connectivity index (χ1n) is 8.30. The smallest absolute Gasteiger partial charge is 0.333 e. The van der Waals surface area contributed by atoms with Gasteiger partial charge in [-0.25, -0.2) is 4.79 Å². The zero-order valence-electron chi connectivity index (χ0n) is 15.6. The van der Waals surface area contributed by atoms with Gasteiger partial charge < -0.3 is 9.47 Å². The van der Waals surface area contributed by atoms with E-state index in [0.29, 0.717) is 43.4 Å². The first kappa shape index (κ1) is 21.6. The number of carbonyl (C=O) groups excluding carboxylic acids is 2. The SMILES string of the molecule is C=C(C)C(=O)OC(CC)(CC)CCOC(C)(CC)C(=O)C(=C)C. The van der Waals surface area contributed by atoms with Crippen LogP contribution in [0.4, 0.5) is 0 Å². The number of ether oxygens (including phenoxy) is 2. The number of rotatable bonds is 11. The van der Waals surface area contributed by atoms with Gasteiger partial charge in [0, 0.05) is 12.0 Å². The fraction of sp³-hybridized carbons (Fsp3) is 0.684. The molecule has 1 atom stereocenters. The normalized spacial score (nSPS) is 14.0. The number of esters is 1. The molecule has 0 heterocycles. The second kappa shape index (κ2) is 9.02. The molecule has 0 rings (SSSR count). The Morgan fingerprint density at radius 3 is 1.83 bits per heavy atom. The summed E-state index contributed by atoms with van der Waals surface area (Å²) >= 11 is 0. The molecular formula is C19H32O4. The topological polar surface area (TPSA) is 52.6 Å². The van der Waals surface area contributed by atoms with Crippen LogP contribution in [-0.4, -0.2) is 29.6 Å². The molecule has 0 aliphatic heterocycles. The fourth-order valence-corrected chi connectivity index (χ4v) is 2.32. The highest BCUT2D eigenvalue weighted by Crippen LogP contribution is 2.28. The number of hydrogen-bond donors (Lipinski definition) is 0. The van der Waals surface area contributed by atoms with Crippen LogP contribution in [-0.2, 0) is 19.1 Å². The molecule has 0 aromatic carbocycles. The Kier molecular flexibility index (Phi) is 8.46. The second-order valence-corrected chi connectivity index (χ2v) is 6.35. The molecule has 4 nitrogen and oxygen atoms in total. The van der Waals surface area contributed by atoms with Crippen molar-refractivity contribution in [3.05, 3.63) is 24.3 Å². The van der Waals surface area contributed by atoms with E-state index in [9.17, 15) is 9.59 Å². The monoisotopic (exact) mass is 324 g/mol. The Hall–Kier alpha value is -1.42. The molecule has 4 heteroatoms. The molecule has 0 radical (unpaired) electrons. The molecule has 132 valence electrons. The highest BCUT2D eigenvalue weighted by Gasteiger charge is 2.35. The number of Topliss-reactive ketones (excluding diaryl/α,β-unsaturated/α-hetero) is 1. The van der Waals surface area contributed by atoms with Crippen molar-refractivity contribution in [2.75, 3.05) is 6.61 Å². The molecule has 0 bridgehead atoms.